The van der Waals surface area contributed by atoms with Crippen molar-refractivity contribution in [3.8, 4) is 22.7 Å². The summed E-state index contributed by atoms with van der Waals surface area (Å²) in [6.45, 7) is 2.76. The molecule has 0 spiro atoms. The lowest BCUT2D eigenvalue weighted by Gasteiger charge is -2.14. The number of nitrogens with zero attached hydrogens (tertiary/aromatic N) is 3. The van der Waals surface area contributed by atoms with Gasteiger partial charge in [0.15, 0.2) is 6.61 Å². The zero-order valence-electron chi connectivity index (χ0n) is 23.3. The standard InChI is InChI=1S/C29H23F3N4O6S2/c1-16-8-10-21(42-15-25(37)34-44(40,41)23-7-5-4-6-17(23)2)19(12-16)27-20-13-18(9-11-22(20)43-33-27)36-26(38)14-24(29(30,31)32)35(3)28(36)39/h4-14H,15H2,1-3H3,(H,34,37). The number of halogens is 3. The summed E-state index contributed by atoms with van der Waals surface area (Å²) in [5.74, 6) is -0.720. The van der Waals surface area contributed by atoms with Gasteiger partial charge >= 0.3 is 11.9 Å². The number of alkyl halides is 3. The number of ether oxygens (including phenoxy) is 1. The number of amides is 1. The molecule has 0 radical (unpaired) electrons. The molecule has 0 fully saturated rings. The van der Waals surface area contributed by atoms with Crippen molar-refractivity contribution in [3.05, 3.63) is 104 Å². The maximum atomic E-state index is 13.3. The van der Waals surface area contributed by atoms with E-state index in [0.717, 1.165) is 24.1 Å². The normalized spacial score (nSPS) is 12.0. The molecule has 228 valence electrons. The van der Waals surface area contributed by atoms with Gasteiger partial charge in [-0.2, -0.15) is 17.5 Å². The summed E-state index contributed by atoms with van der Waals surface area (Å²) in [5.41, 5.74) is -1.65. The van der Waals surface area contributed by atoms with Crippen molar-refractivity contribution in [2.45, 2.75) is 24.9 Å². The van der Waals surface area contributed by atoms with Crippen molar-refractivity contribution in [2.75, 3.05) is 6.61 Å². The van der Waals surface area contributed by atoms with Crippen LogP contribution in [0, 0.1) is 13.8 Å². The minimum Gasteiger partial charge on any atom is -0.483 e. The molecular formula is C29H23F3N4O6S2. The number of hydrogen-bond donors (Lipinski definition) is 1. The topological polar surface area (TPSA) is 129 Å². The Kier molecular flexibility index (Phi) is 7.94. The third-order valence-electron chi connectivity index (χ3n) is 6.70. The Morgan fingerprint density at radius 1 is 1.02 bits per heavy atom. The summed E-state index contributed by atoms with van der Waals surface area (Å²) in [6.07, 6.45) is -4.90. The number of rotatable bonds is 7. The van der Waals surface area contributed by atoms with Crippen molar-refractivity contribution >= 4 is 37.5 Å². The van der Waals surface area contributed by atoms with Gasteiger partial charge in [-0.3, -0.25) is 14.2 Å². The van der Waals surface area contributed by atoms with Crippen LogP contribution in [0.5, 0.6) is 5.75 Å². The molecule has 0 aliphatic carbocycles. The molecule has 15 heteroatoms. The number of aryl methyl sites for hydroxylation is 2. The van der Waals surface area contributed by atoms with Crippen molar-refractivity contribution < 1.29 is 31.1 Å². The molecule has 10 nitrogen and oxygen atoms in total. The first-order chi connectivity index (χ1) is 20.7. The maximum Gasteiger partial charge on any atom is 0.431 e. The van der Waals surface area contributed by atoms with Crippen LogP contribution in [0.1, 0.15) is 16.8 Å². The Balaban J connectivity index is 1.49. The van der Waals surface area contributed by atoms with Crippen LogP contribution in [0.3, 0.4) is 0 Å². The van der Waals surface area contributed by atoms with E-state index in [-0.39, 0.29) is 16.3 Å². The SMILES string of the molecule is Cc1ccc(OCC(=O)NS(=O)(=O)c2ccccc2C)c(-c2nsc3ccc(-n4c(=O)cc(C(F)(F)F)n(C)c4=O)cc23)c1. The largest absolute Gasteiger partial charge is 0.483 e. The van der Waals surface area contributed by atoms with E-state index < -0.39 is 45.7 Å². The average molecular weight is 645 g/mol. The summed E-state index contributed by atoms with van der Waals surface area (Å²) in [6, 6.07) is 16.0. The van der Waals surface area contributed by atoms with Gasteiger partial charge in [0.05, 0.1) is 21.0 Å². The van der Waals surface area contributed by atoms with Crippen molar-refractivity contribution in [2.24, 2.45) is 7.05 Å². The smallest absolute Gasteiger partial charge is 0.431 e. The van der Waals surface area contributed by atoms with Crippen LogP contribution in [0.25, 0.3) is 27.0 Å². The van der Waals surface area contributed by atoms with E-state index in [2.05, 4.69) is 4.37 Å². The summed E-state index contributed by atoms with van der Waals surface area (Å²) in [7, 11) is -3.22. The number of benzene rings is 3. The van der Waals surface area contributed by atoms with Crippen LogP contribution in [0.2, 0.25) is 0 Å². The second-order valence-electron chi connectivity index (χ2n) is 9.84. The summed E-state index contributed by atoms with van der Waals surface area (Å²) < 4.78 is 79.2. The third kappa shape index (κ3) is 5.88. The quantitative estimate of drug-likeness (QED) is 0.279. The second kappa shape index (κ2) is 11.4. The number of aromatic nitrogens is 3. The van der Waals surface area contributed by atoms with E-state index in [4.69, 9.17) is 4.74 Å². The molecule has 0 unspecified atom stereocenters. The molecule has 0 aliphatic heterocycles. The van der Waals surface area contributed by atoms with Crippen LogP contribution in [-0.2, 0) is 28.0 Å². The molecule has 5 aromatic rings. The average Bonchev–Trinajstić information content (AvgIpc) is 3.37. The number of carbonyl (C=O) groups excluding carboxylic acids is 1. The highest BCUT2D eigenvalue weighted by Crippen LogP contribution is 2.38. The van der Waals surface area contributed by atoms with Gasteiger partial charge in [0, 0.05) is 24.1 Å². The predicted molar refractivity (Wildman–Crippen MR) is 158 cm³/mol. The van der Waals surface area contributed by atoms with Crippen LogP contribution in [-0.4, -0.2) is 34.4 Å². The molecule has 0 bridgehead atoms. The van der Waals surface area contributed by atoms with Gasteiger partial charge in [-0.05, 0) is 67.3 Å². The first-order valence-electron chi connectivity index (χ1n) is 12.8. The molecule has 2 heterocycles. The van der Waals surface area contributed by atoms with E-state index >= 15 is 0 Å². The first kappa shape index (κ1) is 30.7. The summed E-state index contributed by atoms with van der Waals surface area (Å²) in [4.78, 5) is 38.1. The van der Waals surface area contributed by atoms with Crippen LogP contribution in [0.15, 0.2) is 81.2 Å². The Hall–Kier alpha value is -4.76. The molecular weight excluding hydrogens is 621 g/mol. The van der Waals surface area contributed by atoms with Gasteiger partial charge in [0.25, 0.3) is 21.5 Å². The highest BCUT2D eigenvalue weighted by atomic mass is 32.2. The van der Waals surface area contributed by atoms with E-state index in [9.17, 15) is 36.0 Å². The number of hydrogen-bond acceptors (Lipinski definition) is 8. The monoisotopic (exact) mass is 644 g/mol. The zero-order valence-corrected chi connectivity index (χ0v) is 24.9. The fourth-order valence-electron chi connectivity index (χ4n) is 4.59. The Bertz CT molecular complexity index is 2170. The first-order valence-corrected chi connectivity index (χ1v) is 15.1. The molecule has 0 saturated heterocycles. The van der Waals surface area contributed by atoms with Crippen molar-refractivity contribution in [1.82, 2.24) is 18.2 Å². The molecule has 3 aromatic carbocycles. The highest BCUT2D eigenvalue weighted by molar-refractivity contribution is 7.90. The molecule has 44 heavy (non-hydrogen) atoms. The molecule has 0 aliphatic rings. The second-order valence-corrected chi connectivity index (χ2v) is 12.3. The number of carbonyl (C=O) groups is 1. The minimum absolute atomic E-state index is 0.0224. The summed E-state index contributed by atoms with van der Waals surface area (Å²) >= 11 is 1.09. The van der Waals surface area contributed by atoms with Crippen molar-refractivity contribution in [1.29, 1.82) is 0 Å². The molecule has 0 atom stereocenters. The Labute approximate surface area is 252 Å². The fourth-order valence-corrected chi connectivity index (χ4v) is 6.57. The van der Waals surface area contributed by atoms with Gasteiger partial charge in [-0.1, -0.05) is 29.8 Å². The maximum absolute atomic E-state index is 13.3. The molecule has 2 aromatic heterocycles. The van der Waals surface area contributed by atoms with Crippen molar-refractivity contribution in [3.63, 3.8) is 0 Å². The molecule has 0 saturated carbocycles. The van der Waals surface area contributed by atoms with Gasteiger partial charge in [0.1, 0.15) is 11.4 Å². The fraction of sp³-hybridized carbons (Fsp3) is 0.172. The Morgan fingerprint density at radius 2 is 1.75 bits per heavy atom. The van der Waals surface area contributed by atoms with Gasteiger partial charge in [-0.15, -0.1) is 0 Å². The minimum atomic E-state index is -4.90. The van der Waals surface area contributed by atoms with Gasteiger partial charge in [0.2, 0.25) is 0 Å². The Morgan fingerprint density at radius 3 is 2.45 bits per heavy atom. The molecule has 1 N–H and O–H groups in total. The molecule has 5 rings (SSSR count). The van der Waals surface area contributed by atoms with E-state index in [1.54, 1.807) is 50.2 Å². The summed E-state index contributed by atoms with van der Waals surface area (Å²) in [5, 5.41) is 0.461. The predicted octanol–water partition coefficient (Wildman–Crippen LogP) is 4.33. The van der Waals surface area contributed by atoms with Gasteiger partial charge in [-0.25, -0.2) is 22.5 Å². The lowest BCUT2D eigenvalue weighted by molar-refractivity contribution is -0.144. The highest BCUT2D eigenvalue weighted by Gasteiger charge is 2.35. The number of nitrogens with one attached hydrogen (secondary N) is 1. The third-order valence-corrected chi connectivity index (χ3v) is 9.06. The van der Waals surface area contributed by atoms with Crippen LogP contribution >= 0.6 is 11.5 Å². The van der Waals surface area contributed by atoms with Crippen LogP contribution < -0.4 is 20.7 Å². The van der Waals surface area contributed by atoms with E-state index in [1.807, 2.05) is 4.72 Å². The van der Waals surface area contributed by atoms with E-state index in [1.165, 1.54) is 24.3 Å². The zero-order chi connectivity index (χ0) is 32.0. The van der Waals surface area contributed by atoms with E-state index in [0.29, 0.717) is 42.1 Å². The van der Waals surface area contributed by atoms with Crippen LogP contribution in [0.4, 0.5) is 13.2 Å². The lowest BCUT2D eigenvalue weighted by Crippen LogP contribution is -2.40. The molecule has 1 amide bonds. The lowest BCUT2D eigenvalue weighted by atomic mass is 10.0. The number of fused-ring (bicyclic) bond motifs is 1. The van der Waals surface area contributed by atoms with Gasteiger partial charge < -0.3 is 4.74 Å². The number of sulfonamides is 1.